The van der Waals surface area contributed by atoms with Crippen LogP contribution in [-0.4, -0.2) is 26.5 Å². The van der Waals surface area contributed by atoms with E-state index in [0.29, 0.717) is 23.6 Å². The Morgan fingerprint density at radius 1 is 1.10 bits per heavy atom. The lowest BCUT2D eigenvalue weighted by Crippen LogP contribution is -2.23. The van der Waals surface area contributed by atoms with E-state index >= 15 is 0 Å². The van der Waals surface area contributed by atoms with Crippen LogP contribution < -0.4 is 15.6 Å². The van der Waals surface area contributed by atoms with E-state index in [1.165, 1.54) is 6.07 Å². The number of amides is 1. The first-order valence-electron chi connectivity index (χ1n) is 9.70. The van der Waals surface area contributed by atoms with Gasteiger partial charge in [-0.15, -0.1) is 0 Å². The van der Waals surface area contributed by atoms with Crippen LogP contribution in [0, 0.1) is 0 Å². The third-order valence-corrected chi connectivity index (χ3v) is 4.59. The van der Waals surface area contributed by atoms with Crippen molar-refractivity contribution in [3.8, 4) is 11.4 Å². The van der Waals surface area contributed by atoms with Crippen molar-refractivity contribution >= 4 is 16.9 Å². The summed E-state index contributed by atoms with van der Waals surface area (Å²) in [4.78, 5) is 32.3. The van der Waals surface area contributed by atoms with Gasteiger partial charge in [0, 0.05) is 30.4 Å². The van der Waals surface area contributed by atoms with Crippen molar-refractivity contribution in [3.63, 3.8) is 0 Å². The smallest absolute Gasteiger partial charge is 0.268 e. The highest BCUT2D eigenvalue weighted by Gasteiger charge is 2.13. The fourth-order valence-corrected chi connectivity index (χ4v) is 3.22. The molecule has 0 radical (unpaired) electrons. The molecule has 3 aromatic heterocycles. The van der Waals surface area contributed by atoms with Crippen molar-refractivity contribution in [2.45, 2.75) is 26.5 Å². The Morgan fingerprint density at radius 3 is 2.53 bits per heavy atom. The number of fused-ring (bicyclic) bond motifs is 1. The molecule has 30 heavy (non-hydrogen) atoms. The van der Waals surface area contributed by atoms with E-state index in [-0.39, 0.29) is 17.6 Å². The summed E-state index contributed by atoms with van der Waals surface area (Å²) < 4.78 is 7.22. The number of ether oxygens (including phenoxy) is 1. The van der Waals surface area contributed by atoms with E-state index < -0.39 is 0 Å². The Kier molecular flexibility index (Phi) is 5.34. The highest BCUT2D eigenvalue weighted by Crippen LogP contribution is 2.20. The van der Waals surface area contributed by atoms with Gasteiger partial charge < -0.3 is 15.0 Å². The van der Waals surface area contributed by atoms with Crippen LogP contribution in [-0.2, 0) is 6.54 Å². The van der Waals surface area contributed by atoms with Crippen LogP contribution in [0.3, 0.4) is 0 Å². The van der Waals surface area contributed by atoms with Gasteiger partial charge in [-0.2, -0.15) is 0 Å². The summed E-state index contributed by atoms with van der Waals surface area (Å²) in [5.74, 6) is 0.485. The van der Waals surface area contributed by atoms with Crippen LogP contribution in [0.2, 0.25) is 0 Å². The maximum absolute atomic E-state index is 12.6. The molecule has 3 heterocycles. The highest BCUT2D eigenvalue weighted by atomic mass is 16.5. The number of hydrogen-bond donors (Lipinski definition) is 2. The largest absolute Gasteiger partial charge is 0.491 e. The standard InChI is InChI=1S/C23H22N4O3/c1-15(2)30-19-6-4-18(5-7-19)27-21(28)8-3-17-13-20(26-22(17)27)23(29)25-14-16-9-11-24-12-10-16/h3-13,15,26H,14H2,1-2H3,(H,25,29). The number of hydrogen-bond acceptors (Lipinski definition) is 4. The number of rotatable bonds is 6. The number of nitrogens with one attached hydrogen (secondary N) is 2. The van der Waals surface area contributed by atoms with E-state index in [9.17, 15) is 9.59 Å². The Morgan fingerprint density at radius 2 is 1.83 bits per heavy atom. The fraction of sp³-hybridized carbons (Fsp3) is 0.174. The number of pyridine rings is 2. The number of carbonyl (C=O) groups excluding carboxylic acids is 1. The molecule has 0 fully saturated rings. The second-order valence-corrected chi connectivity index (χ2v) is 7.19. The zero-order valence-electron chi connectivity index (χ0n) is 16.8. The van der Waals surface area contributed by atoms with Crippen molar-refractivity contribution in [1.82, 2.24) is 19.9 Å². The monoisotopic (exact) mass is 402 g/mol. The normalized spacial score (nSPS) is 11.0. The first-order chi connectivity index (χ1) is 14.5. The van der Waals surface area contributed by atoms with Crippen LogP contribution in [0.25, 0.3) is 16.7 Å². The van der Waals surface area contributed by atoms with Gasteiger partial charge in [0.15, 0.2) is 0 Å². The topological polar surface area (TPSA) is 89.0 Å². The molecule has 0 saturated heterocycles. The van der Waals surface area contributed by atoms with Gasteiger partial charge in [0.05, 0.1) is 11.8 Å². The minimum atomic E-state index is -0.248. The molecule has 4 aromatic rings. The van der Waals surface area contributed by atoms with Gasteiger partial charge in [0.1, 0.15) is 17.1 Å². The van der Waals surface area contributed by atoms with Crippen LogP contribution >= 0.6 is 0 Å². The Hall–Kier alpha value is -3.87. The number of nitrogens with zero attached hydrogens (tertiary/aromatic N) is 2. The fourth-order valence-electron chi connectivity index (χ4n) is 3.22. The Bertz CT molecular complexity index is 1230. The molecular formula is C23H22N4O3. The second-order valence-electron chi connectivity index (χ2n) is 7.19. The van der Waals surface area contributed by atoms with E-state index in [4.69, 9.17) is 4.74 Å². The second kappa shape index (κ2) is 8.24. The lowest BCUT2D eigenvalue weighted by atomic mass is 10.2. The summed E-state index contributed by atoms with van der Waals surface area (Å²) in [7, 11) is 0. The molecule has 0 aliphatic carbocycles. The molecule has 0 spiro atoms. The lowest BCUT2D eigenvalue weighted by molar-refractivity contribution is 0.0946. The summed E-state index contributed by atoms with van der Waals surface area (Å²) in [5.41, 5.74) is 2.40. The minimum absolute atomic E-state index is 0.0682. The maximum Gasteiger partial charge on any atom is 0.268 e. The number of benzene rings is 1. The van der Waals surface area contributed by atoms with Gasteiger partial charge in [-0.25, -0.2) is 0 Å². The number of aromatic amines is 1. The van der Waals surface area contributed by atoms with E-state index in [1.807, 2.05) is 50.2 Å². The quantitative estimate of drug-likeness (QED) is 0.517. The van der Waals surface area contributed by atoms with Gasteiger partial charge >= 0.3 is 0 Å². The Labute approximate surface area is 173 Å². The van der Waals surface area contributed by atoms with Gasteiger partial charge in [-0.1, -0.05) is 0 Å². The zero-order valence-corrected chi connectivity index (χ0v) is 16.8. The van der Waals surface area contributed by atoms with Crippen LogP contribution in [0.5, 0.6) is 5.75 Å². The molecule has 4 rings (SSSR count). The summed E-state index contributed by atoms with van der Waals surface area (Å²) >= 11 is 0. The molecule has 0 unspecified atom stereocenters. The molecule has 0 saturated carbocycles. The minimum Gasteiger partial charge on any atom is -0.491 e. The molecule has 1 aromatic carbocycles. The zero-order chi connectivity index (χ0) is 21.1. The molecule has 0 aliphatic rings. The lowest BCUT2D eigenvalue weighted by Gasteiger charge is -2.11. The molecule has 152 valence electrons. The molecule has 2 N–H and O–H groups in total. The SMILES string of the molecule is CC(C)Oc1ccc(-n2c(=O)ccc3cc(C(=O)NCc4ccncc4)[nH]c32)cc1. The number of aromatic nitrogens is 3. The molecule has 1 amide bonds. The molecule has 0 atom stereocenters. The van der Waals surface area contributed by atoms with Gasteiger partial charge in [0.25, 0.3) is 11.5 Å². The predicted octanol–water partition coefficient (Wildman–Crippen LogP) is 3.43. The van der Waals surface area contributed by atoms with Crippen molar-refractivity contribution in [1.29, 1.82) is 0 Å². The average molecular weight is 402 g/mol. The average Bonchev–Trinajstić information content (AvgIpc) is 3.17. The first-order valence-corrected chi connectivity index (χ1v) is 9.70. The van der Waals surface area contributed by atoms with Crippen molar-refractivity contribution in [2.75, 3.05) is 0 Å². The first kappa shape index (κ1) is 19.4. The van der Waals surface area contributed by atoms with Gasteiger partial charge in [-0.3, -0.25) is 19.1 Å². The predicted molar refractivity (Wildman–Crippen MR) is 115 cm³/mol. The summed E-state index contributed by atoms with van der Waals surface area (Å²) in [6.45, 7) is 4.31. The molecule has 7 heteroatoms. The van der Waals surface area contributed by atoms with Gasteiger partial charge in [-0.05, 0) is 67.9 Å². The Balaban J connectivity index is 1.63. The third-order valence-electron chi connectivity index (χ3n) is 4.59. The number of H-pyrrole nitrogens is 1. The summed E-state index contributed by atoms with van der Waals surface area (Å²) in [6.07, 6.45) is 3.43. The number of carbonyl (C=O) groups is 1. The summed E-state index contributed by atoms with van der Waals surface area (Å²) in [6, 6.07) is 15.9. The van der Waals surface area contributed by atoms with E-state index in [1.54, 1.807) is 29.1 Å². The van der Waals surface area contributed by atoms with Crippen LogP contribution in [0.1, 0.15) is 29.9 Å². The van der Waals surface area contributed by atoms with Crippen LogP contribution in [0.15, 0.2) is 71.8 Å². The van der Waals surface area contributed by atoms with Crippen molar-refractivity contribution in [2.24, 2.45) is 0 Å². The van der Waals surface area contributed by atoms with E-state index in [2.05, 4.69) is 15.3 Å². The molecule has 0 bridgehead atoms. The van der Waals surface area contributed by atoms with Crippen molar-refractivity contribution < 1.29 is 9.53 Å². The highest BCUT2D eigenvalue weighted by molar-refractivity contribution is 5.97. The van der Waals surface area contributed by atoms with Gasteiger partial charge in [0.2, 0.25) is 0 Å². The summed E-state index contributed by atoms with van der Waals surface area (Å²) in [5, 5.41) is 3.64. The van der Waals surface area contributed by atoms with E-state index in [0.717, 1.165) is 16.7 Å². The maximum atomic E-state index is 12.6. The molecule has 0 aliphatic heterocycles. The van der Waals surface area contributed by atoms with Crippen molar-refractivity contribution in [3.05, 3.63) is 88.6 Å². The molecular weight excluding hydrogens is 380 g/mol. The molecule has 7 nitrogen and oxygen atoms in total. The van der Waals surface area contributed by atoms with Crippen LogP contribution in [0.4, 0.5) is 0 Å². The third kappa shape index (κ3) is 4.10.